The number of para-hydroxylation sites is 1. The van der Waals surface area contributed by atoms with Crippen LogP contribution < -0.4 is 9.80 Å². The van der Waals surface area contributed by atoms with Crippen molar-refractivity contribution in [2.45, 2.75) is 39.7 Å². The molecule has 4 rings (SSSR count). The van der Waals surface area contributed by atoms with Crippen LogP contribution in [0.2, 0.25) is 0 Å². The van der Waals surface area contributed by atoms with E-state index in [4.69, 9.17) is 0 Å². The van der Waals surface area contributed by atoms with Gasteiger partial charge in [-0.2, -0.15) is 0 Å². The third-order valence-electron chi connectivity index (χ3n) is 4.78. The van der Waals surface area contributed by atoms with E-state index in [0.717, 1.165) is 25.2 Å². The molecule has 3 heterocycles. The molecule has 122 valence electrons. The van der Waals surface area contributed by atoms with Gasteiger partial charge in [0.2, 0.25) is 5.91 Å². The van der Waals surface area contributed by atoms with Crippen molar-refractivity contribution >= 4 is 26.7 Å². The standard InChI is InChI=1S/C14H18N3OP.C2H6.CH4/c1-15-12-4-2-3-9-10-7-16(19)6-5-11(10)17(14(9)12)8-13(15)18;1-2;/h2-4,10-11H,5-8,19H2,1H3;1-2H3;1H4/t10?,11-;;/m1../s1. The molecule has 0 saturated carbocycles. The summed E-state index contributed by atoms with van der Waals surface area (Å²) in [5, 5.41) is 0. The maximum absolute atomic E-state index is 12.2. The smallest absolute Gasteiger partial charge is 0.246 e. The maximum atomic E-state index is 12.2. The third-order valence-corrected chi connectivity index (χ3v) is 5.25. The van der Waals surface area contributed by atoms with Crippen LogP contribution in [0.15, 0.2) is 18.2 Å². The molecule has 3 aliphatic rings. The number of rotatable bonds is 0. The highest BCUT2D eigenvalue weighted by molar-refractivity contribution is 7.13. The Labute approximate surface area is 136 Å². The largest absolute Gasteiger partial charge is 0.357 e. The minimum atomic E-state index is 0. The van der Waals surface area contributed by atoms with Gasteiger partial charge in [0.15, 0.2) is 0 Å². The predicted molar refractivity (Wildman–Crippen MR) is 97.7 cm³/mol. The van der Waals surface area contributed by atoms with Gasteiger partial charge in [0.1, 0.15) is 0 Å². The van der Waals surface area contributed by atoms with Gasteiger partial charge in [0, 0.05) is 32.1 Å². The fourth-order valence-corrected chi connectivity index (χ4v) is 4.20. The summed E-state index contributed by atoms with van der Waals surface area (Å²) in [5.74, 6) is 0.749. The highest BCUT2D eigenvalue weighted by Gasteiger charge is 2.45. The van der Waals surface area contributed by atoms with Crippen molar-refractivity contribution in [3.63, 3.8) is 0 Å². The van der Waals surface area contributed by atoms with E-state index in [1.54, 1.807) is 0 Å². The molecule has 1 amide bonds. The summed E-state index contributed by atoms with van der Waals surface area (Å²) in [6.45, 7) is 6.70. The van der Waals surface area contributed by atoms with Crippen molar-refractivity contribution in [1.82, 2.24) is 4.67 Å². The topological polar surface area (TPSA) is 26.8 Å². The van der Waals surface area contributed by atoms with E-state index in [9.17, 15) is 4.79 Å². The first-order valence-corrected chi connectivity index (χ1v) is 8.34. The van der Waals surface area contributed by atoms with Gasteiger partial charge in [-0.3, -0.25) is 9.46 Å². The number of benzene rings is 1. The van der Waals surface area contributed by atoms with Gasteiger partial charge in [-0.25, -0.2) is 0 Å². The summed E-state index contributed by atoms with van der Waals surface area (Å²) in [7, 11) is 4.71. The molecular weight excluding hydrogens is 293 g/mol. The number of amides is 1. The van der Waals surface area contributed by atoms with Crippen molar-refractivity contribution in [3.8, 4) is 0 Å². The van der Waals surface area contributed by atoms with E-state index in [2.05, 4.69) is 37.2 Å². The minimum Gasteiger partial charge on any atom is -0.357 e. The van der Waals surface area contributed by atoms with Crippen LogP contribution in [-0.2, 0) is 4.79 Å². The van der Waals surface area contributed by atoms with Gasteiger partial charge >= 0.3 is 0 Å². The molecule has 4 nitrogen and oxygen atoms in total. The van der Waals surface area contributed by atoms with Gasteiger partial charge in [0.25, 0.3) is 0 Å². The van der Waals surface area contributed by atoms with Crippen molar-refractivity contribution in [3.05, 3.63) is 23.8 Å². The molecule has 3 atom stereocenters. The quantitative estimate of drug-likeness (QED) is 0.687. The molecule has 1 aromatic carbocycles. The summed E-state index contributed by atoms with van der Waals surface area (Å²) in [6.07, 6.45) is 1.14. The summed E-state index contributed by atoms with van der Waals surface area (Å²) < 4.78 is 2.32. The first-order chi connectivity index (χ1) is 10.2. The molecular formula is C17H28N3OP. The van der Waals surface area contributed by atoms with Crippen molar-refractivity contribution in [2.24, 2.45) is 0 Å². The summed E-state index contributed by atoms with van der Waals surface area (Å²) in [5.41, 5.74) is 3.81. The Hall–Kier alpha value is -1.12. The number of anilines is 2. The molecule has 1 fully saturated rings. The predicted octanol–water partition coefficient (Wildman–Crippen LogP) is 3.09. The Balaban J connectivity index is 0.000000566. The number of piperidine rings is 1. The molecule has 5 heteroatoms. The molecule has 3 aliphatic heterocycles. The number of fused-ring (bicyclic) bond motifs is 3. The van der Waals surface area contributed by atoms with E-state index in [0.29, 0.717) is 18.5 Å². The average molecular weight is 321 g/mol. The average Bonchev–Trinajstić information content (AvgIpc) is 2.81. The Kier molecular flexibility index (Phi) is 5.14. The highest BCUT2D eigenvalue weighted by Crippen LogP contribution is 2.50. The maximum Gasteiger partial charge on any atom is 0.246 e. The lowest BCUT2D eigenvalue weighted by Gasteiger charge is -2.39. The molecule has 22 heavy (non-hydrogen) atoms. The van der Waals surface area contributed by atoms with Gasteiger partial charge in [-0.15, -0.1) is 0 Å². The number of carbonyl (C=O) groups excluding carboxylic acids is 1. The summed E-state index contributed by atoms with van der Waals surface area (Å²) >= 11 is 0. The number of hydrogen-bond donors (Lipinski definition) is 0. The van der Waals surface area contributed by atoms with E-state index < -0.39 is 0 Å². The monoisotopic (exact) mass is 321 g/mol. The lowest BCUT2D eigenvalue weighted by atomic mass is 9.90. The molecule has 1 saturated heterocycles. The van der Waals surface area contributed by atoms with Crippen LogP contribution in [0.1, 0.15) is 39.2 Å². The fraction of sp³-hybridized carbons (Fsp3) is 0.588. The first-order valence-electron chi connectivity index (χ1n) is 7.82. The van der Waals surface area contributed by atoms with Crippen LogP contribution in [0.5, 0.6) is 0 Å². The zero-order valence-corrected chi connectivity index (χ0v) is 14.2. The van der Waals surface area contributed by atoms with Crippen LogP contribution in [0.4, 0.5) is 11.4 Å². The summed E-state index contributed by atoms with van der Waals surface area (Å²) in [4.78, 5) is 16.3. The molecule has 0 aromatic heterocycles. The number of carbonyl (C=O) groups is 1. The van der Waals surface area contributed by atoms with Gasteiger partial charge in [-0.1, -0.05) is 42.8 Å². The van der Waals surface area contributed by atoms with Crippen LogP contribution in [0, 0.1) is 0 Å². The van der Waals surface area contributed by atoms with Crippen LogP contribution >= 0.6 is 9.39 Å². The molecule has 2 unspecified atom stereocenters. The Morgan fingerprint density at radius 3 is 2.73 bits per heavy atom. The van der Waals surface area contributed by atoms with Crippen molar-refractivity contribution in [2.75, 3.05) is 36.5 Å². The number of nitrogens with zero attached hydrogens (tertiary/aromatic N) is 3. The highest BCUT2D eigenvalue weighted by atomic mass is 31.0. The second-order valence-electron chi connectivity index (χ2n) is 5.75. The molecule has 0 bridgehead atoms. The van der Waals surface area contributed by atoms with Crippen LogP contribution in [-0.4, -0.2) is 43.3 Å². The van der Waals surface area contributed by atoms with Crippen molar-refractivity contribution in [1.29, 1.82) is 0 Å². The van der Waals surface area contributed by atoms with E-state index in [1.807, 2.05) is 25.8 Å². The molecule has 0 aliphatic carbocycles. The molecule has 0 radical (unpaired) electrons. The second kappa shape index (κ2) is 6.55. The number of hydrogen-bond acceptors (Lipinski definition) is 3. The van der Waals surface area contributed by atoms with Crippen molar-refractivity contribution < 1.29 is 4.79 Å². The van der Waals surface area contributed by atoms with Gasteiger partial charge < -0.3 is 9.80 Å². The minimum absolute atomic E-state index is 0. The zero-order valence-electron chi connectivity index (χ0n) is 13.0. The van der Waals surface area contributed by atoms with E-state index in [-0.39, 0.29) is 13.3 Å². The first kappa shape index (κ1) is 17.2. The van der Waals surface area contributed by atoms with Gasteiger partial charge in [0.05, 0.1) is 17.9 Å². The Morgan fingerprint density at radius 1 is 1.27 bits per heavy atom. The lowest BCUT2D eigenvalue weighted by Crippen LogP contribution is -2.49. The molecule has 0 N–H and O–H groups in total. The number of likely N-dealkylation sites (N-methyl/N-ethyl adjacent to an activating group) is 1. The SMILES string of the molecule is C.CC.CN1C(=O)CN2c3c(cccc31)C1CN(P)CC[C@H]12. The normalized spacial score (nSPS) is 25.7. The van der Waals surface area contributed by atoms with E-state index >= 15 is 0 Å². The summed E-state index contributed by atoms with van der Waals surface area (Å²) in [6, 6.07) is 6.90. The van der Waals surface area contributed by atoms with Crippen LogP contribution in [0.3, 0.4) is 0 Å². The Morgan fingerprint density at radius 2 is 2.00 bits per heavy atom. The fourth-order valence-electron chi connectivity index (χ4n) is 3.82. The third kappa shape index (κ3) is 2.43. The zero-order chi connectivity index (χ0) is 15.1. The van der Waals surface area contributed by atoms with Gasteiger partial charge in [-0.05, 0) is 18.1 Å². The molecule has 1 aromatic rings. The van der Waals surface area contributed by atoms with E-state index in [1.165, 1.54) is 11.3 Å². The molecule has 0 spiro atoms. The lowest BCUT2D eigenvalue weighted by molar-refractivity contribution is -0.117. The van der Waals surface area contributed by atoms with Crippen LogP contribution in [0.25, 0.3) is 0 Å². The second-order valence-corrected chi connectivity index (χ2v) is 6.48. The Bertz CT molecular complexity index is 563.